The van der Waals surface area contributed by atoms with Crippen LogP contribution in [0.1, 0.15) is 23.0 Å². The number of anilines is 1. The van der Waals surface area contributed by atoms with Gasteiger partial charge in [-0.3, -0.25) is 4.79 Å². The van der Waals surface area contributed by atoms with E-state index >= 15 is 0 Å². The number of aryl methyl sites for hydroxylation is 1. The molecule has 27 heavy (non-hydrogen) atoms. The maximum absolute atomic E-state index is 12.3. The number of rotatable bonds is 5. The van der Waals surface area contributed by atoms with Gasteiger partial charge in [-0.2, -0.15) is 0 Å². The van der Waals surface area contributed by atoms with Crippen molar-refractivity contribution >= 4 is 40.5 Å². The summed E-state index contributed by atoms with van der Waals surface area (Å²) in [6.07, 6.45) is -0.960. The molecule has 0 bridgehead atoms. The molecular formula is C20H17ClN2O3S. The van der Waals surface area contributed by atoms with Gasteiger partial charge in [0.05, 0.1) is 0 Å². The number of nitrogens with one attached hydrogen (secondary N) is 1. The number of amides is 1. The van der Waals surface area contributed by atoms with Gasteiger partial charge in [0, 0.05) is 21.7 Å². The molecule has 5 nitrogen and oxygen atoms in total. The molecule has 1 atom stereocenters. The molecule has 0 unspecified atom stereocenters. The summed E-state index contributed by atoms with van der Waals surface area (Å²) in [6, 6.07) is 14.5. The Morgan fingerprint density at radius 2 is 1.78 bits per heavy atom. The lowest BCUT2D eigenvalue weighted by atomic mass is 10.2. The lowest BCUT2D eigenvalue weighted by Gasteiger charge is -2.12. The van der Waals surface area contributed by atoms with Gasteiger partial charge < -0.3 is 10.1 Å². The Morgan fingerprint density at radius 3 is 2.44 bits per heavy atom. The Labute approximate surface area is 166 Å². The first-order valence-corrected chi connectivity index (χ1v) is 9.48. The van der Waals surface area contributed by atoms with Gasteiger partial charge in [0.25, 0.3) is 5.91 Å². The van der Waals surface area contributed by atoms with Crippen LogP contribution in [-0.2, 0) is 9.53 Å². The Kier molecular flexibility index (Phi) is 5.88. The molecule has 1 amide bonds. The predicted octanol–water partition coefficient (Wildman–Crippen LogP) is 4.96. The van der Waals surface area contributed by atoms with Gasteiger partial charge in [-0.05, 0) is 38.1 Å². The summed E-state index contributed by atoms with van der Waals surface area (Å²) in [5.74, 6) is -1.07. The zero-order valence-electron chi connectivity index (χ0n) is 14.7. The highest BCUT2D eigenvalue weighted by atomic mass is 35.5. The molecule has 0 fully saturated rings. The second-order valence-corrected chi connectivity index (χ2v) is 7.24. The van der Waals surface area contributed by atoms with E-state index in [0.29, 0.717) is 10.7 Å². The van der Waals surface area contributed by atoms with Crippen molar-refractivity contribution in [3.05, 3.63) is 70.2 Å². The molecular weight excluding hydrogens is 384 g/mol. The van der Waals surface area contributed by atoms with Crippen LogP contribution in [0.4, 0.5) is 5.69 Å². The monoisotopic (exact) mass is 400 g/mol. The lowest BCUT2D eigenvalue weighted by molar-refractivity contribution is -0.123. The SMILES string of the molecule is Cc1ccc(-c2nc(C(=O)O[C@@H](C)C(=O)Nc3ccc(Cl)cc3)cs2)cc1. The summed E-state index contributed by atoms with van der Waals surface area (Å²) in [4.78, 5) is 28.8. The van der Waals surface area contributed by atoms with E-state index in [1.54, 1.807) is 29.6 Å². The fourth-order valence-corrected chi connectivity index (χ4v) is 3.17. The van der Waals surface area contributed by atoms with E-state index in [4.69, 9.17) is 16.3 Å². The van der Waals surface area contributed by atoms with Gasteiger partial charge in [0.15, 0.2) is 11.8 Å². The van der Waals surface area contributed by atoms with Crippen molar-refractivity contribution in [2.45, 2.75) is 20.0 Å². The van der Waals surface area contributed by atoms with Crippen LogP contribution in [0.2, 0.25) is 5.02 Å². The number of esters is 1. The van der Waals surface area contributed by atoms with E-state index in [0.717, 1.165) is 16.1 Å². The minimum absolute atomic E-state index is 0.182. The number of carbonyl (C=O) groups is 2. The number of benzene rings is 2. The van der Waals surface area contributed by atoms with Crippen LogP contribution < -0.4 is 5.32 Å². The summed E-state index contributed by atoms with van der Waals surface area (Å²) in [7, 11) is 0. The molecule has 1 heterocycles. The summed E-state index contributed by atoms with van der Waals surface area (Å²) in [5, 5.41) is 5.59. The molecule has 3 rings (SSSR count). The van der Waals surface area contributed by atoms with Gasteiger partial charge in [-0.15, -0.1) is 11.3 Å². The van der Waals surface area contributed by atoms with Crippen molar-refractivity contribution < 1.29 is 14.3 Å². The zero-order valence-corrected chi connectivity index (χ0v) is 16.3. The Hall–Kier alpha value is -2.70. The first-order valence-electron chi connectivity index (χ1n) is 8.22. The zero-order chi connectivity index (χ0) is 19.4. The fraction of sp³-hybridized carbons (Fsp3) is 0.150. The topological polar surface area (TPSA) is 68.3 Å². The summed E-state index contributed by atoms with van der Waals surface area (Å²) in [6.45, 7) is 3.52. The maximum Gasteiger partial charge on any atom is 0.358 e. The van der Waals surface area contributed by atoms with Crippen LogP contribution in [-0.4, -0.2) is 23.0 Å². The highest BCUT2D eigenvalue weighted by Crippen LogP contribution is 2.24. The number of halogens is 1. The van der Waals surface area contributed by atoms with Crippen molar-refractivity contribution in [1.82, 2.24) is 4.98 Å². The average molecular weight is 401 g/mol. The smallest absolute Gasteiger partial charge is 0.358 e. The van der Waals surface area contributed by atoms with Crippen LogP contribution in [0.15, 0.2) is 53.9 Å². The molecule has 0 radical (unpaired) electrons. The molecule has 2 aromatic carbocycles. The molecule has 1 aromatic heterocycles. The maximum atomic E-state index is 12.3. The molecule has 1 N–H and O–H groups in total. The molecule has 0 aliphatic carbocycles. The quantitative estimate of drug-likeness (QED) is 0.615. The normalized spacial score (nSPS) is 11.7. The molecule has 0 saturated heterocycles. The second kappa shape index (κ2) is 8.33. The molecule has 3 aromatic rings. The summed E-state index contributed by atoms with van der Waals surface area (Å²) in [5.41, 5.74) is 2.83. The van der Waals surface area contributed by atoms with Crippen molar-refractivity contribution in [2.75, 3.05) is 5.32 Å². The van der Waals surface area contributed by atoms with E-state index in [1.807, 2.05) is 31.2 Å². The fourth-order valence-electron chi connectivity index (χ4n) is 2.25. The minimum Gasteiger partial charge on any atom is -0.448 e. The molecule has 0 aliphatic rings. The number of carbonyl (C=O) groups excluding carboxylic acids is 2. The molecule has 0 saturated carbocycles. The predicted molar refractivity (Wildman–Crippen MR) is 107 cm³/mol. The van der Waals surface area contributed by atoms with Crippen LogP contribution in [0.3, 0.4) is 0 Å². The van der Waals surface area contributed by atoms with Crippen LogP contribution >= 0.6 is 22.9 Å². The first-order chi connectivity index (χ1) is 12.9. The Morgan fingerprint density at radius 1 is 1.11 bits per heavy atom. The summed E-state index contributed by atoms with van der Waals surface area (Å²) >= 11 is 7.16. The van der Waals surface area contributed by atoms with Gasteiger partial charge in [0.2, 0.25) is 0 Å². The lowest BCUT2D eigenvalue weighted by Crippen LogP contribution is -2.30. The minimum atomic E-state index is -0.960. The van der Waals surface area contributed by atoms with Crippen LogP contribution in [0, 0.1) is 6.92 Å². The third kappa shape index (κ3) is 4.93. The largest absolute Gasteiger partial charge is 0.448 e. The van der Waals surface area contributed by atoms with Crippen LogP contribution in [0.5, 0.6) is 0 Å². The standard InChI is InChI=1S/C20H17ClN2O3S/c1-12-3-5-14(6-4-12)19-23-17(11-27-19)20(25)26-13(2)18(24)22-16-9-7-15(21)8-10-16/h3-11,13H,1-2H3,(H,22,24)/t13-/m0/s1. The van der Waals surface area contributed by atoms with Crippen molar-refractivity contribution in [3.63, 3.8) is 0 Å². The van der Waals surface area contributed by atoms with E-state index in [9.17, 15) is 9.59 Å². The number of aromatic nitrogens is 1. The van der Waals surface area contributed by atoms with Crippen molar-refractivity contribution in [2.24, 2.45) is 0 Å². The van der Waals surface area contributed by atoms with E-state index < -0.39 is 18.0 Å². The second-order valence-electron chi connectivity index (χ2n) is 5.95. The Balaban J connectivity index is 1.61. The Bertz CT molecular complexity index is 952. The number of nitrogens with zero attached hydrogens (tertiary/aromatic N) is 1. The van der Waals surface area contributed by atoms with Crippen molar-refractivity contribution in [1.29, 1.82) is 0 Å². The highest BCUT2D eigenvalue weighted by Gasteiger charge is 2.21. The summed E-state index contributed by atoms with van der Waals surface area (Å²) < 4.78 is 5.23. The van der Waals surface area contributed by atoms with Gasteiger partial charge in [-0.25, -0.2) is 9.78 Å². The number of thiazole rings is 1. The molecule has 0 aliphatic heterocycles. The number of ether oxygens (including phenoxy) is 1. The third-order valence-electron chi connectivity index (χ3n) is 3.78. The highest BCUT2D eigenvalue weighted by molar-refractivity contribution is 7.13. The third-order valence-corrected chi connectivity index (χ3v) is 4.92. The number of hydrogen-bond acceptors (Lipinski definition) is 5. The number of hydrogen-bond donors (Lipinski definition) is 1. The molecule has 138 valence electrons. The average Bonchev–Trinajstić information content (AvgIpc) is 3.14. The molecule has 7 heteroatoms. The first kappa shape index (κ1) is 19.1. The van der Waals surface area contributed by atoms with E-state index in [2.05, 4.69) is 10.3 Å². The van der Waals surface area contributed by atoms with Crippen LogP contribution in [0.25, 0.3) is 10.6 Å². The van der Waals surface area contributed by atoms with Gasteiger partial charge in [0.1, 0.15) is 5.01 Å². The molecule has 0 spiro atoms. The van der Waals surface area contributed by atoms with Crippen molar-refractivity contribution in [3.8, 4) is 10.6 Å². The van der Waals surface area contributed by atoms with E-state index in [-0.39, 0.29) is 5.69 Å². The van der Waals surface area contributed by atoms with Gasteiger partial charge in [-0.1, -0.05) is 41.4 Å². The van der Waals surface area contributed by atoms with E-state index in [1.165, 1.54) is 18.3 Å². The van der Waals surface area contributed by atoms with Gasteiger partial charge >= 0.3 is 5.97 Å².